The van der Waals surface area contributed by atoms with E-state index in [-0.39, 0.29) is 5.43 Å². The Hall–Kier alpha value is -0.910. The molecule has 0 aliphatic rings. The molecule has 0 atom stereocenters. The van der Waals surface area contributed by atoms with Crippen LogP contribution in [0.2, 0.25) is 0 Å². The van der Waals surface area contributed by atoms with Crippen LogP contribution in [0.15, 0.2) is 16.9 Å². The van der Waals surface area contributed by atoms with Gasteiger partial charge in [0.1, 0.15) is 5.69 Å². The van der Waals surface area contributed by atoms with Crippen LogP contribution >= 0.6 is 22.6 Å². The summed E-state index contributed by atoms with van der Waals surface area (Å²) < 4.78 is 1.07. The largest absolute Gasteiger partial charge is 0.287 e. The van der Waals surface area contributed by atoms with Gasteiger partial charge >= 0.3 is 0 Å². The molecule has 0 saturated heterocycles. The summed E-state index contributed by atoms with van der Waals surface area (Å²) in [7, 11) is 0. The van der Waals surface area contributed by atoms with Gasteiger partial charge in [0.05, 0.1) is 10.9 Å². The minimum atomic E-state index is 0.0142. The van der Waals surface area contributed by atoms with E-state index >= 15 is 0 Å². The third kappa shape index (κ3) is 1.43. The second-order valence-electron chi connectivity index (χ2n) is 3.28. The molecule has 0 spiro atoms. The van der Waals surface area contributed by atoms with Gasteiger partial charge in [0.25, 0.3) is 0 Å². The molecular weight excluding hydrogens is 291 g/mol. The van der Waals surface area contributed by atoms with Crippen LogP contribution in [0.3, 0.4) is 0 Å². The number of aryl methyl sites for hydroxylation is 2. The zero-order chi connectivity index (χ0) is 10.3. The minimum absolute atomic E-state index is 0.0142. The molecule has 1 heterocycles. The Kier molecular flexibility index (Phi) is 2.30. The number of benzene rings is 1. The smallest absolute Gasteiger partial charge is 0.210 e. The van der Waals surface area contributed by atoms with Crippen molar-refractivity contribution in [3.63, 3.8) is 0 Å². The maximum atomic E-state index is 11.7. The number of aromatic nitrogens is 2. The van der Waals surface area contributed by atoms with Crippen molar-refractivity contribution in [2.75, 3.05) is 0 Å². The molecule has 0 unspecified atom stereocenters. The number of nitrogens with zero attached hydrogens (tertiary/aromatic N) is 1. The van der Waals surface area contributed by atoms with E-state index < -0.39 is 0 Å². The number of nitrogens with one attached hydrogen (secondary N) is 1. The van der Waals surface area contributed by atoms with Gasteiger partial charge in [-0.3, -0.25) is 9.89 Å². The highest BCUT2D eigenvalue weighted by molar-refractivity contribution is 14.1. The minimum Gasteiger partial charge on any atom is -0.287 e. The van der Waals surface area contributed by atoms with Crippen LogP contribution in [-0.4, -0.2) is 10.2 Å². The molecule has 14 heavy (non-hydrogen) atoms. The molecular formula is C10H9IN2O. The van der Waals surface area contributed by atoms with Crippen molar-refractivity contribution < 1.29 is 0 Å². The van der Waals surface area contributed by atoms with E-state index in [2.05, 4.69) is 32.8 Å². The first-order chi connectivity index (χ1) is 6.59. The SMILES string of the molecule is Cc1n[nH]c2c(C)cc(I)cc2c1=O. The van der Waals surface area contributed by atoms with Gasteiger partial charge in [0.15, 0.2) is 0 Å². The lowest BCUT2D eigenvalue weighted by molar-refractivity contribution is 0.999. The maximum absolute atomic E-state index is 11.7. The summed E-state index contributed by atoms with van der Waals surface area (Å²) in [5, 5.41) is 7.58. The molecule has 0 bridgehead atoms. The number of hydrogen-bond acceptors (Lipinski definition) is 2. The predicted molar refractivity (Wildman–Crippen MR) is 64.6 cm³/mol. The van der Waals surface area contributed by atoms with Crippen LogP contribution < -0.4 is 5.43 Å². The molecule has 1 N–H and O–H groups in total. The average molecular weight is 300 g/mol. The fraction of sp³-hybridized carbons (Fsp3) is 0.200. The highest BCUT2D eigenvalue weighted by Gasteiger charge is 2.05. The third-order valence-electron chi connectivity index (χ3n) is 2.21. The van der Waals surface area contributed by atoms with Crippen molar-refractivity contribution in [1.82, 2.24) is 10.2 Å². The molecule has 2 rings (SSSR count). The first-order valence-corrected chi connectivity index (χ1v) is 5.32. The first-order valence-electron chi connectivity index (χ1n) is 4.25. The second kappa shape index (κ2) is 3.34. The van der Waals surface area contributed by atoms with Crippen LogP contribution in [0.5, 0.6) is 0 Å². The van der Waals surface area contributed by atoms with Crippen LogP contribution in [0.1, 0.15) is 11.3 Å². The van der Waals surface area contributed by atoms with Gasteiger partial charge in [-0.25, -0.2) is 0 Å². The standard InChI is InChI=1S/C10H9IN2O/c1-5-3-7(11)4-8-9(5)13-12-6(2)10(8)14/h3-4H,1-2H3,(H,13,14). The summed E-state index contributed by atoms with van der Waals surface area (Å²) in [5.41, 5.74) is 2.41. The van der Waals surface area contributed by atoms with Crippen molar-refractivity contribution >= 4 is 33.5 Å². The molecule has 3 nitrogen and oxygen atoms in total. The fourth-order valence-corrected chi connectivity index (χ4v) is 2.23. The average Bonchev–Trinajstić information content (AvgIpc) is 2.12. The number of hydrogen-bond donors (Lipinski definition) is 1. The number of H-pyrrole nitrogens is 1. The van der Waals surface area contributed by atoms with Gasteiger partial charge in [-0.15, -0.1) is 0 Å². The quantitative estimate of drug-likeness (QED) is 0.758. The molecule has 72 valence electrons. The molecule has 0 saturated carbocycles. The van der Waals surface area contributed by atoms with Crippen molar-refractivity contribution in [3.8, 4) is 0 Å². The Labute approximate surface area is 94.7 Å². The molecule has 0 radical (unpaired) electrons. The summed E-state index contributed by atoms with van der Waals surface area (Å²) in [5.74, 6) is 0. The van der Waals surface area contributed by atoms with Gasteiger partial charge in [-0.2, -0.15) is 5.10 Å². The number of halogens is 1. The van der Waals surface area contributed by atoms with E-state index in [0.29, 0.717) is 5.69 Å². The van der Waals surface area contributed by atoms with Gasteiger partial charge in [0, 0.05) is 3.57 Å². The Morgan fingerprint density at radius 2 is 2.07 bits per heavy atom. The molecule has 0 aliphatic heterocycles. The molecule has 0 amide bonds. The Balaban J connectivity index is 3.03. The third-order valence-corrected chi connectivity index (χ3v) is 2.83. The topological polar surface area (TPSA) is 45.8 Å². The van der Waals surface area contributed by atoms with E-state index in [1.54, 1.807) is 6.92 Å². The monoisotopic (exact) mass is 300 g/mol. The predicted octanol–water partition coefficient (Wildman–Crippen LogP) is 2.14. The van der Waals surface area contributed by atoms with Crippen LogP contribution in [-0.2, 0) is 0 Å². The van der Waals surface area contributed by atoms with Crippen LogP contribution in [0.4, 0.5) is 0 Å². The van der Waals surface area contributed by atoms with E-state index in [1.165, 1.54) is 0 Å². The Bertz CT molecular complexity index is 560. The summed E-state index contributed by atoms with van der Waals surface area (Å²) >= 11 is 2.21. The number of rotatable bonds is 0. The zero-order valence-electron chi connectivity index (χ0n) is 7.89. The number of fused-ring (bicyclic) bond motifs is 1. The molecule has 2 aromatic rings. The maximum Gasteiger partial charge on any atom is 0.210 e. The van der Waals surface area contributed by atoms with Gasteiger partial charge < -0.3 is 0 Å². The van der Waals surface area contributed by atoms with Crippen molar-refractivity contribution in [3.05, 3.63) is 37.2 Å². The van der Waals surface area contributed by atoms with E-state index in [9.17, 15) is 4.79 Å². The van der Waals surface area contributed by atoms with E-state index in [1.807, 2.05) is 19.1 Å². The summed E-state index contributed by atoms with van der Waals surface area (Å²) in [6.07, 6.45) is 0. The van der Waals surface area contributed by atoms with E-state index in [4.69, 9.17) is 0 Å². The van der Waals surface area contributed by atoms with Crippen molar-refractivity contribution in [1.29, 1.82) is 0 Å². The normalized spacial score (nSPS) is 10.8. The summed E-state index contributed by atoms with van der Waals surface area (Å²) in [6, 6.07) is 3.91. The number of aromatic amines is 1. The van der Waals surface area contributed by atoms with Crippen molar-refractivity contribution in [2.24, 2.45) is 0 Å². The lowest BCUT2D eigenvalue weighted by Gasteiger charge is -2.02. The van der Waals surface area contributed by atoms with Gasteiger partial charge in [-0.05, 0) is 54.1 Å². The summed E-state index contributed by atoms with van der Waals surface area (Å²) in [6.45, 7) is 3.69. The molecule has 1 aromatic carbocycles. The highest BCUT2D eigenvalue weighted by Crippen LogP contribution is 2.16. The van der Waals surface area contributed by atoms with Crippen LogP contribution in [0, 0.1) is 17.4 Å². The van der Waals surface area contributed by atoms with Gasteiger partial charge in [0.2, 0.25) is 5.43 Å². The fourth-order valence-electron chi connectivity index (χ4n) is 1.46. The van der Waals surface area contributed by atoms with Gasteiger partial charge in [-0.1, -0.05) is 0 Å². The van der Waals surface area contributed by atoms with Crippen molar-refractivity contribution in [2.45, 2.75) is 13.8 Å². The highest BCUT2D eigenvalue weighted by atomic mass is 127. The molecule has 4 heteroatoms. The Morgan fingerprint density at radius 1 is 1.36 bits per heavy atom. The molecule has 1 aromatic heterocycles. The lowest BCUT2D eigenvalue weighted by Crippen LogP contribution is -2.10. The van der Waals surface area contributed by atoms with Crippen LogP contribution in [0.25, 0.3) is 10.9 Å². The summed E-state index contributed by atoms with van der Waals surface area (Å²) in [4.78, 5) is 11.7. The van der Waals surface area contributed by atoms with E-state index in [0.717, 1.165) is 20.0 Å². The lowest BCUT2D eigenvalue weighted by atomic mass is 10.1. The molecule has 0 fully saturated rings. The molecule has 0 aliphatic carbocycles. The first kappa shape index (κ1) is 9.64. The Morgan fingerprint density at radius 3 is 2.79 bits per heavy atom. The second-order valence-corrected chi connectivity index (χ2v) is 4.53. The zero-order valence-corrected chi connectivity index (χ0v) is 10.0.